The number of nitrogens with one attached hydrogen (secondary N) is 3. The monoisotopic (exact) mass is 535 g/mol. The molecule has 36 heavy (non-hydrogen) atoms. The first-order valence-corrected chi connectivity index (χ1v) is 13.4. The minimum atomic E-state index is -3.81. The van der Waals surface area contributed by atoms with Crippen molar-refractivity contribution in [3.8, 4) is 11.3 Å². The molecule has 3 rings (SSSR count). The third-order valence-corrected chi connectivity index (χ3v) is 6.28. The van der Waals surface area contributed by atoms with Crippen molar-refractivity contribution in [2.75, 3.05) is 11.9 Å². The van der Waals surface area contributed by atoms with Gasteiger partial charge in [-0.25, -0.2) is 24.0 Å². The van der Waals surface area contributed by atoms with E-state index in [1.807, 2.05) is 35.7 Å². The maximum Gasteiger partial charge on any atom is 0.408 e. The molecule has 2 amide bonds. The van der Waals surface area contributed by atoms with Gasteiger partial charge in [-0.3, -0.25) is 4.79 Å². The fraction of sp³-hybridized carbons (Fsp3) is 0.261. The third-order valence-electron chi connectivity index (χ3n) is 4.92. The summed E-state index contributed by atoms with van der Waals surface area (Å²) in [4.78, 5) is 29.7. The number of thiazole rings is 1. The molecule has 0 spiro atoms. The van der Waals surface area contributed by atoms with Crippen LogP contribution in [0.15, 0.2) is 60.0 Å². The Balaban J connectivity index is 1.59. The number of hydrogen-bond donors (Lipinski definition) is 4. The number of benzene rings is 2. The summed E-state index contributed by atoms with van der Waals surface area (Å²) < 4.78 is 42.4. The molecule has 10 nitrogen and oxygen atoms in total. The summed E-state index contributed by atoms with van der Waals surface area (Å²) in [6, 6.07) is 14.0. The Morgan fingerprint density at radius 2 is 1.81 bits per heavy atom. The van der Waals surface area contributed by atoms with Crippen molar-refractivity contribution >= 4 is 38.7 Å². The number of carbonyl (C=O) groups excluding carboxylic acids is 2. The van der Waals surface area contributed by atoms with Crippen LogP contribution in [0.3, 0.4) is 0 Å². The lowest BCUT2D eigenvalue weighted by Gasteiger charge is -2.17. The van der Waals surface area contributed by atoms with Gasteiger partial charge in [0.1, 0.15) is 18.5 Å². The minimum Gasteiger partial charge on any atom is -0.445 e. The minimum absolute atomic E-state index is 0.0924. The summed E-state index contributed by atoms with van der Waals surface area (Å²) in [5.74, 6) is -0.906. The maximum atomic E-state index is 13.0. The third kappa shape index (κ3) is 9.34. The highest BCUT2D eigenvalue weighted by atomic mass is 32.2. The molecular formula is C23H26FN5O5S2. The maximum absolute atomic E-state index is 13.0. The summed E-state index contributed by atoms with van der Waals surface area (Å²) in [5, 5.41) is 12.3. The Morgan fingerprint density at radius 3 is 2.50 bits per heavy atom. The standard InChI is InChI=1S/C23H26FN5O5S2/c24-18-11-9-16(10-12-18)14-34-23(31)28-19(8-4-5-13-26-36(25,32)33)21(30)29-22-27-20(15-35-22)17-6-2-1-3-7-17/h1-3,6-7,9-12,15,19,26H,4-5,8,13-14H2,(H,28,31)(H2,25,32,33)(H,27,29,30)/t19-/m0/s1. The van der Waals surface area contributed by atoms with Crippen molar-refractivity contribution in [1.82, 2.24) is 15.0 Å². The molecule has 0 saturated carbocycles. The Morgan fingerprint density at radius 1 is 1.08 bits per heavy atom. The van der Waals surface area contributed by atoms with Gasteiger partial charge < -0.3 is 15.4 Å². The van der Waals surface area contributed by atoms with E-state index < -0.39 is 34.1 Å². The summed E-state index contributed by atoms with van der Waals surface area (Å²) in [7, 11) is -3.81. The molecule has 0 saturated heterocycles. The molecule has 2 aromatic carbocycles. The van der Waals surface area contributed by atoms with Crippen molar-refractivity contribution in [1.29, 1.82) is 0 Å². The Kier molecular flexibility index (Phi) is 9.87. The van der Waals surface area contributed by atoms with Gasteiger partial charge in [0.25, 0.3) is 10.2 Å². The molecule has 192 valence electrons. The lowest BCUT2D eigenvalue weighted by atomic mass is 10.1. The Hall–Kier alpha value is -3.39. The number of unbranched alkanes of at least 4 members (excludes halogenated alkanes) is 1. The number of nitrogens with two attached hydrogens (primary N) is 1. The molecule has 5 N–H and O–H groups in total. The molecule has 0 unspecified atom stereocenters. The summed E-state index contributed by atoms with van der Waals surface area (Å²) in [5.41, 5.74) is 2.18. The summed E-state index contributed by atoms with van der Waals surface area (Å²) in [6.07, 6.45) is 0.181. The van der Waals surface area contributed by atoms with Crippen LogP contribution in [0.2, 0.25) is 0 Å². The second kappa shape index (κ2) is 13.1. The number of hydrogen-bond acceptors (Lipinski definition) is 7. The zero-order chi connectivity index (χ0) is 26.0. The van der Waals surface area contributed by atoms with Gasteiger partial charge in [0.2, 0.25) is 5.91 Å². The molecule has 0 fully saturated rings. The van der Waals surface area contributed by atoms with Crippen LogP contribution in [0, 0.1) is 5.82 Å². The van der Waals surface area contributed by atoms with Crippen molar-refractivity contribution < 1.29 is 27.1 Å². The number of nitrogens with zero attached hydrogens (tertiary/aromatic N) is 1. The van der Waals surface area contributed by atoms with Gasteiger partial charge in [-0.15, -0.1) is 11.3 Å². The molecule has 3 aromatic rings. The van der Waals surface area contributed by atoms with Crippen LogP contribution in [-0.2, 0) is 26.3 Å². The van der Waals surface area contributed by atoms with Crippen LogP contribution in [0.5, 0.6) is 0 Å². The van der Waals surface area contributed by atoms with Gasteiger partial charge in [0.15, 0.2) is 5.13 Å². The van der Waals surface area contributed by atoms with Gasteiger partial charge in [0.05, 0.1) is 5.69 Å². The molecule has 1 heterocycles. The molecule has 0 aliphatic rings. The SMILES string of the molecule is NS(=O)(=O)NCCCC[C@H](NC(=O)OCc1ccc(F)cc1)C(=O)Nc1nc(-c2ccccc2)cs1. The molecule has 13 heteroatoms. The average Bonchev–Trinajstić information content (AvgIpc) is 3.31. The molecular weight excluding hydrogens is 509 g/mol. The largest absolute Gasteiger partial charge is 0.445 e. The predicted molar refractivity (Wildman–Crippen MR) is 135 cm³/mol. The zero-order valence-corrected chi connectivity index (χ0v) is 20.8. The number of anilines is 1. The van der Waals surface area contributed by atoms with Gasteiger partial charge in [-0.05, 0) is 37.0 Å². The van der Waals surface area contributed by atoms with Crippen LogP contribution < -0.4 is 20.5 Å². The van der Waals surface area contributed by atoms with E-state index in [1.165, 1.54) is 35.6 Å². The van der Waals surface area contributed by atoms with E-state index in [2.05, 4.69) is 20.3 Å². The summed E-state index contributed by atoms with van der Waals surface area (Å²) >= 11 is 1.24. The summed E-state index contributed by atoms with van der Waals surface area (Å²) in [6.45, 7) is -0.0131. The first-order valence-electron chi connectivity index (χ1n) is 11.0. The topological polar surface area (TPSA) is 153 Å². The number of aromatic nitrogens is 1. The van der Waals surface area contributed by atoms with E-state index in [9.17, 15) is 22.4 Å². The highest BCUT2D eigenvalue weighted by molar-refractivity contribution is 7.87. The first kappa shape index (κ1) is 27.2. The first-order chi connectivity index (χ1) is 17.2. The Bertz CT molecular complexity index is 1250. The van der Waals surface area contributed by atoms with E-state index in [-0.39, 0.29) is 19.6 Å². The second-order valence-electron chi connectivity index (χ2n) is 7.73. The number of halogens is 1. The van der Waals surface area contributed by atoms with Gasteiger partial charge in [0, 0.05) is 17.5 Å². The van der Waals surface area contributed by atoms with E-state index in [0.717, 1.165) is 5.56 Å². The predicted octanol–water partition coefficient (Wildman–Crippen LogP) is 3.15. The van der Waals surface area contributed by atoms with Crippen LogP contribution in [0.4, 0.5) is 14.3 Å². The molecule has 0 bridgehead atoms. The fourth-order valence-corrected chi connectivity index (χ4v) is 4.29. The van der Waals surface area contributed by atoms with Gasteiger partial charge in [-0.2, -0.15) is 8.42 Å². The molecule has 0 aliphatic carbocycles. The number of carbonyl (C=O) groups is 2. The Labute approximate surface area is 212 Å². The van der Waals surface area contributed by atoms with Crippen molar-refractivity contribution in [3.63, 3.8) is 0 Å². The van der Waals surface area contributed by atoms with Crippen molar-refractivity contribution in [2.24, 2.45) is 5.14 Å². The van der Waals surface area contributed by atoms with Gasteiger partial charge >= 0.3 is 6.09 Å². The lowest BCUT2D eigenvalue weighted by Crippen LogP contribution is -2.44. The highest BCUT2D eigenvalue weighted by Crippen LogP contribution is 2.24. The molecule has 1 aromatic heterocycles. The fourth-order valence-electron chi connectivity index (χ4n) is 3.14. The van der Waals surface area contributed by atoms with Crippen molar-refractivity contribution in [3.05, 3.63) is 71.4 Å². The van der Waals surface area contributed by atoms with Crippen LogP contribution in [0.25, 0.3) is 11.3 Å². The molecule has 0 aliphatic heterocycles. The number of amides is 2. The molecule has 1 atom stereocenters. The van der Waals surface area contributed by atoms with E-state index in [0.29, 0.717) is 29.2 Å². The number of alkyl carbamates (subject to hydrolysis) is 1. The van der Waals surface area contributed by atoms with E-state index in [4.69, 9.17) is 9.88 Å². The average molecular weight is 536 g/mol. The van der Waals surface area contributed by atoms with Gasteiger partial charge in [-0.1, -0.05) is 42.5 Å². The van der Waals surface area contributed by atoms with E-state index in [1.54, 1.807) is 0 Å². The normalized spacial score (nSPS) is 12.1. The second-order valence-corrected chi connectivity index (χ2v) is 9.96. The molecule has 0 radical (unpaired) electrons. The zero-order valence-electron chi connectivity index (χ0n) is 19.1. The number of rotatable bonds is 12. The van der Waals surface area contributed by atoms with Crippen molar-refractivity contribution in [2.45, 2.75) is 31.9 Å². The highest BCUT2D eigenvalue weighted by Gasteiger charge is 2.22. The van der Waals surface area contributed by atoms with Crippen LogP contribution in [0.1, 0.15) is 24.8 Å². The quantitative estimate of drug-likeness (QED) is 0.262. The number of ether oxygens (including phenoxy) is 1. The van der Waals surface area contributed by atoms with Crippen LogP contribution >= 0.6 is 11.3 Å². The van der Waals surface area contributed by atoms with E-state index >= 15 is 0 Å². The smallest absolute Gasteiger partial charge is 0.408 e. The lowest BCUT2D eigenvalue weighted by molar-refractivity contribution is -0.118. The van der Waals surface area contributed by atoms with Crippen LogP contribution in [-0.4, -0.2) is 38.0 Å².